The van der Waals surface area contributed by atoms with Crippen molar-refractivity contribution in [2.24, 2.45) is 0 Å². The lowest BCUT2D eigenvalue weighted by atomic mass is 10.0. The quantitative estimate of drug-likeness (QED) is 0.792. The number of hydrogen-bond donors (Lipinski definition) is 0. The molecule has 0 heterocycles. The van der Waals surface area contributed by atoms with Crippen LogP contribution in [-0.4, -0.2) is 15.5 Å². The molecule has 0 atom stereocenters. The van der Waals surface area contributed by atoms with Crippen LogP contribution in [-0.2, 0) is 10.1 Å². The molecule has 0 aliphatic rings. The van der Waals surface area contributed by atoms with E-state index in [1.54, 1.807) is 30.3 Å². The van der Waals surface area contributed by atoms with Gasteiger partial charge in [0.1, 0.15) is 16.4 Å². The molecule has 0 aromatic heterocycles. The first-order chi connectivity index (χ1) is 9.94. The van der Waals surface area contributed by atoms with E-state index in [9.17, 15) is 8.42 Å². The van der Waals surface area contributed by atoms with Crippen molar-refractivity contribution >= 4 is 10.1 Å². The van der Waals surface area contributed by atoms with Crippen LogP contribution in [0.4, 0.5) is 0 Å². The SMILES string of the molecule is COc1ccccc1S(=O)(=O)Oc1ccc(C(C)C)cc1. The molecule has 0 saturated carbocycles. The number of benzene rings is 2. The number of rotatable bonds is 5. The molecule has 0 spiro atoms. The molecule has 0 aliphatic carbocycles. The second-order valence-electron chi connectivity index (χ2n) is 4.91. The molecule has 2 aromatic rings. The highest BCUT2D eigenvalue weighted by Crippen LogP contribution is 2.27. The Balaban J connectivity index is 2.29. The Morgan fingerprint density at radius 3 is 2.14 bits per heavy atom. The van der Waals surface area contributed by atoms with Gasteiger partial charge in [-0.2, -0.15) is 8.42 Å². The van der Waals surface area contributed by atoms with E-state index in [1.165, 1.54) is 13.2 Å². The number of methoxy groups -OCH3 is 1. The van der Waals surface area contributed by atoms with Crippen molar-refractivity contribution in [3.63, 3.8) is 0 Å². The average molecular weight is 306 g/mol. The van der Waals surface area contributed by atoms with Crippen molar-refractivity contribution in [2.45, 2.75) is 24.7 Å². The standard InChI is InChI=1S/C16H18O4S/c1-12(2)13-8-10-14(11-9-13)20-21(17,18)16-7-5-4-6-15(16)19-3/h4-12H,1-3H3. The largest absolute Gasteiger partial charge is 0.495 e. The summed E-state index contributed by atoms with van der Waals surface area (Å²) >= 11 is 0. The minimum Gasteiger partial charge on any atom is -0.495 e. The zero-order valence-electron chi connectivity index (χ0n) is 12.2. The summed E-state index contributed by atoms with van der Waals surface area (Å²) in [5.74, 6) is 0.923. The second-order valence-corrected chi connectivity index (χ2v) is 6.43. The topological polar surface area (TPSA) is 52.6 Å². The Morgan fingerprint density at radius 2 is 1.57 bits per heavy atom. The lowest BCUT2D eigenvalue weighted by Gasteiger charge is -2.11. The Hall–Kier alpha value is -2.01. The monoisotopic (exact) mass is 306 g/mol. The van der Waals surface area contributed by atoms with E-state index in [0.29, 0.717) is 5.92 Å². The molecule has 0 radical (unpaired) electrons. The zero-order chi connectivity index (χ0) is 15.5. The van der Waals surface area contributed by atoms with Gasteiger partial charge in [0.2, 0.25) is 0 Å². The van der Waals surface area contributed by atoms with Crippen molar-refractivity contribution in [3.05, 3.63) is 54.1 Å². The summed E-state index contributed by atoms with van der Waals surface area (Å²) < 4.78 is 34.8. The van der Waals surface area contributed by atoms with Gasteiger partial charge in [-0.1, -0.05) is 38.1 Å². The molecule has 0 unspecified atom stereocenters. The molecule has 0 aliphatic heterocycles. The highest BCUT2D eigenvalue weighted by atomic mass is 32.2. The third-order valence-electron chi connectivity index (χ3n) is 3.09. The minimum atomic E-state index is -3.91. The fraction of sp³-hybridized carbons (Fsp3) is 0.250. The van der Waals surface area contributed by atoms with Gasteiger partial charge < -0.3 is 8.92 Å². The first-order valence-electron chi connectivity index (χ1n) is 6.61. The summed E-state index contributed by atoms with van der Waals surface area (Å²) in [5, 5.41) is 0. The van der Waals surface area contributed by atoms with Crippen LogP contribution in [0.5, 0.6) is 11.5 Å². The maximum atomic E-state index is 12.3. The fourth-order valence-corrected chi connectivity index (χ4v) is 3.00. The van der Waals surface area contributed by atoms with Crippen LogP contribution in [0.25, 0.3) is 0 Å². The highest BCUT2D eigenvalue weighted by molar-refractivity contribution is 7.87. The molecule has 4 nitrogen and oxygen atoms in total. The van der Waals surface area contributed by atoms with Gasteiger partial charge in [-0.15, -0.1) is 0 Å². The summed E-state index contributed by atoms with van der Waals surface area (Å²) in [6.45, 7) is 4.14. The molecule has 112 valence electrons. The Bertz CT molecular complexity index is 703. The first-order valence-corrected chi connectivity index (χ1v) is 8.02. The van der Waals surface area contributed by atoms with E-state index in [-0.39, 0.29) is 16.4 Å². The van der Waals surface area contributed by atoms with Gasteiger partial charge >= 0.3 is 10.1 Å². The third kappa shape index (κ3) is 3.55. The molecule has 21 heavy (non-hydrogen) atoms. The van der Waals surface area contributed by atoms with E-state index in [1.807, 2.05) is 12.1 Å². The van der Waals surface area contributed by atoms with Gasteiger partial charge in [0.25, 0.3) is 0 Å². The average Bonchev–Trinajstić information content (AvgIpc) is 2.47. The molecule has 0 N–H and O–H groups in total. The summed E-state index contributed by atoms with van der Waals surface area (Å²) in [5.41, 5.74) is 1.12. The second kappa shape index (κ2) is 6.18. The van der Waals surface area contributed by atoms with E-state index < -0.39 is 10.1 Å². The maximum absolute atomic E-state index is 12.3. The summed E-state index contributed by atoms with van der Waals surface area (Å²) in [4.78, 5) is 0.0143. The highest BCUT2D eigenvalue weighted by Gasteiger charge is 2.21. The molecule has 0 amide bonds. The number of para-hydroxylation sites is 1. The molecular formula is C16H18O4S. The van der Waals surface area contributed by atoms with Crippen molar-refractivity contribution in [2.75, 3.05) is 7.11 Å². The molecular weight excluding hydrogens is 288 g/mol. The van der Waals surface area contributed by atoms with Gasteiger partial charge in [0.15, 0.2) is 0 Å². The smallest absolute Gasteiger partial charge is 0.342 e. The minimum absolute atomic E-state index is 0.0143. The Morgan fingerprint density at radius 1 is 0.952 bits per heavy atom. The molecule has 5 heteroatoms. The van der Waals surface area contributed by atoms with Crippen molar-refractivity contribution in [1.82, 2.24) is 0 Å². The van der Waals surface area contributed by atoms with E-state index >= 15 is 0 Å². The molecule has 0 saturated heterocycles. The molecule has 0 bridgehead atoms. The summed E-state index contributed by atoms with van der Waals surface area (Å²) in [6.07, 6.45) is 0. The van der Waals surface area contributed by atoms with Gasteiger partial charge in [0, 0.05) is 0 Å². The molecule has 0 fully saturated rings. The van der Waals surface area contributed by atoms with Crippen LogP contribution in [0, 0.1) is 0 Å². The predicted molar refractivity (Wildman–Crippen MR) is 81.3 cm³/mol. The van der Waals surface area contributed by atoms with Crippen LogP contribution < -0.4 is 8.92 Å². The molecule has 2 rings (SSSR count). The van der Waals surface area contributed by atoms with Gasteiger partial charge in [-0.3, -0.25) is 0 Å². The Kier molecular flexibility index (Phi) is 4.53. The first kappa shape index (κ1) is 15.4. The van der Waals surface area contributed by atoms with E-state index in [4.69, 9.17) is 8.92 Å². The lowest BCUT2D eigenvalue weighted by molar-refractivity contribution is 0.398. The van der Waals surface area contributed by atoms with Gasteiger partial charge in [-0.05, 0) is 35.7 Å². The van der Waals surface area contributed by atoms with Crippen LogP contribution in [0.3, 0.4) is 0 Å². The van der Waals surface area contributed by atoms with Crippen LogP contribution in [0.2, 0.25) is 0 Å². The van der Waals surface area contributed by atoms with Crippen LogP contribution in [0.15, 0.2) is 53.4 Å². The number of hydrogen-bond acceptors (Lipinski definition) is 4. The van der Waals surface area contributed by atoms with Crippen LogP contribution >= 0.6 is 0 Å². The predicted octanol–water partition coefficient (Wildman–Crippen LogP) is 3.59. The van der Waals surface area contributed by atoms with E-state index in [2.05, 4.69) is 13.8 Å². The maximum Gasteiger partial charge on any atom is 0.342 e. The van der Waals surface area contributed by atoms with Crippen molar-refractivity contribution < 1.29 is 17.3 Å². The van der Waals surface area contributed by atoms with E-state index in [0.717, 1.165) is 5.56 Å². The van der Waals surface area contributed by atoms with Crippen LogP contribution in [0.1, 0.15) is 25.3 Å². The van der Waals surface area contributed by atoms with Crippen molar-refractivity contribution in [1.29, 1.82) is 0 Å². The van der Waals surface area contributed by atoms with Gasteiger partial charge in [-0.25, -0.2) is 0 Å². The third-order valence-corrected chi connectivity index (χ3v) is 4.38. The summed E-state index contributed by atoms with van der Waals surface area (Å²) in [6, 6.07) is 13.4. The number of ether oxygens (including phenoxy) is 1. The lowest BCUT2D eigenvalue weighted by Crippen LogP contribution is -2.11. The zero-order valence-corrected chi connectivity index (χ0v) is 13.1. The Labute approximate surface area is 125 Å². The van der Waals surface area contributed by atoms with Crippen molar-refractivity contribution in [3.8, 4) is 11.5 Å². The fourth-order valence-electron chi connectivity index (χ4n) is 1.91. The molecule has 2 aromatic carbocycles. The van der Waals surface area contributed by atoms with Gasteiger partial charge in [0.05, 0.1) is 7.11 Å². The normalized spacial score (nSPS) is 11.4. The summed E-state index contributed by atoms with van der Waals surface area (Å²) in [7, 11) is -2.49.